The molecule has 1 atom stereocenters. The monoisotopic (exact) mass is 415 g/mol. The molecule has 2 aromatic rings. The number of ketones is 1. The largest absolute Gasteiger partial charge is 0.507 e. The van der Waals surface area contributed by atoms with Gasteiger partial charge in [0.25, 0.3) is 11.7 Å². The van der Waals surface area contributed by atoms with E-state index in [1.165, 1.54) is 12.0 Å². The summed E-state index contributed by atoms with van der Waals surface area (Å²) in [6, 6.07) is 13.0. The summed E-state index contributed by atoms with van der Waals surface area (Å²) >= 11 is 6.01. The van der Waals surface area contributed by atoms with Gasteiger partial charge in [-0.15, -0.1) is 0 Å². The first-order chi connectivity index (χ1) is 14.0. The molecule has 7 heteroatoms. The summed E-state index contributed by atoms with van der Waals surface area (Å²) in [6.07, 6.45) is 0.558. The first kappa shape index (κ1) is 20.9. The standard InChI is InChI=1S/C22H22ClNO5/c1-28-13-5-12-24-19(14-8-10-15(23)11-9-14)18(21(26)22(24)27)20(25)16-6-3-4-7-17(16)29-2/h3-4,6-11,19,25H,5,12-13H2,1-2H3/b20-18-. The first-order valence-electron chi connectivity index (χ1n) is 9.15. The Hall–Kier alpha value is -2.83. The zero-order chi connectivity index (χ0) is 21.0. The van der Waals surface area contributed by atoms with Gasteiger partial charge in [-0.3, -0.25) is 9.59 Å². The SMILES string of the molecule is COCCCN1C(=O)C(=O)/C(=C(\O)c2ccccc2OC)C1c1ccc(Cl)cc1. The molecule has 0 aromatic heterocycles. The highest BCUT2D eigenvalue weighted by molar-refractivity contribution is 6.46. The van der Waals surface area contributed by atoms with Gasteiger partial charge in [-0.25, -0.2) is 0 Å². The normalized spacial score (nSPS) is 18.3. The summed E-state index contributed by atoms with van der Waals surface area (Å²) in [4.78, 5) is 27.2. The lowest BCUT2D eigenvalue weighted by Gasteiger charge is -2.25. The number of likely N-dealkylation sites (tertiary alicyclic amines) is 1. The van der Waals surface area contributed by atoms with Crippen molar-refractivity contribution in [3.8, 4) is 5.75 Å². The van der Waals surface area contributed by atoms with E-state index < -0.39 is 17.7 Å². The van der Waals surface area contributed by atoms with Crippen molar-refractivity contribution < 1.29 is 24.2 Å². The molecule has 0 radical (unpaired) electrons. The van der Waals surface area contributed by atoms with Gasteiger partial charge in [0.1, 0.15) is 11.5 Å². The maximum atomic E-state index is 12.9. The molecule has 6 nitrogen and oxygen atoms in total. The number of aliphatic hydroxyl groups is 1. The van der Waals surface area contributed by atoms with Crippen LogP contribution in [0.15, 0.2) is 54.1 Å². The molecule has 0 bridgehead atoms. The van der Waals surface area contributed by atoms with Gasteiger partial charge in [0.15, 0.2) is 0 Å². The van der Waals surface area contributed by atoms with Crippen LogP contribution in [0.5, 0.6) is 5.75 Å². The lowest BCUT2D eigenvalue weighted by molar-refractivity contribution is -0.140. The number of benzene rings is 2. The van der Waals surface area contributed by atoms with Crippen molar-refractivity contribution in [2.45, 2.75) is 12.5 Å². The molecule has 29 heavy (non-hydrogen) atoms. The van der Waals surface area contributed by atoms with Crippen molar-refractivity contribution in [3.63, 3.8) is 0 Å². The van der Waals surface area contributed by atoms with Crippen molar-refractivity contribution in [2.24, 2.45) is 0 Å². The van der Waals surface area contributed by atoms with Crippen molar-refractivity contribution in [2.75, 3.05) is 27.4 Å². The van der Waals surface area contributed by atoms with Gasteiger partial charge in [0.2, 0.25) is 0 Å². The van der Waals surface area contributed by atoms with Crippen LogP contribution in [0.2, 0.25) is 5.02 Å². The van der Waals surface area contributed by atoms with Crippen LogP contribution in [-0.4, -0.2) is 49.1 Å². The Morgan fingerprint density at radius 1 is 1.10 bits per heavy atom. The van der Waals surface area contributed by atoms with Gasteiger partial charge in [-0.05, 0) is 36.2 Å². The molecule has 1 fully saturated rings. The van der Waals surface area contributed by atoms with E-state index >= 15 is 0 Å². The Bertz CT molecular complexity index is 938. The van der Waals surface area contributed by atoms with E-state index in [0.717, 1.165) is 0 Å². The number of aliphatic hydroxyl groups excluding tert-OH is 1. The van der Waals surface area contributed by atoms with E-state index in [2.05, 4.69) is 0 Å². The Balaban J connectivity index is 2.15. The summed E-state index contributed by atoms with van der Waals surface area (Å²) in [5.74, 6) is -1.25. The molecule has 1 amide bonds. The number of halogens is 1. The molecular formula is C22H22ClNO5. The van der Waals surface area contributed by atoms with E-state index in [1.807, 2.05) is 0 Å². The highest BCUT2D eigenvalue weighted by atomic mass is 35.5. The van der Waals surface area contributed by atoms with E-state index in [4.69, 9.17) is 21.1 Å². The van der Waals surface area contributed by atoms with Gasteiger partial charge in [0, 0.05) is 25.3 Å². The van der Waals surface area contributed by atoms with Crippen LogP contribution in [0.3, 0.4) is 0 Å². The third kappa shape index (κ3) is 4.13. The number of methoxy groups -OCH3 is 2. The van der Waals surface area contributed by atoms with Gasteiger partial charge in [0.05, 0.1) is 24.3 Å². The van der Waals surface area contributed by atoms with Crippen molar-refractivity contribution >= 4 is 29.1 Å². The summed E-state index contributed by atoms with van der Waals surface area (Å²) in [6.45, 7) is 0.761. The highest BCUT2D eigenvalue weighted by Crippen LogP contribution is 2.41. The van der Waals surface area contributed by atoms with Crippen molar-refractivity contribution in [1.82, 2.24) is 4.90 Å². The maximum Gasteiger partial charge on any atom is 0.295 e. The fourth-order valence-corrected chi connectivity index (χ4v) is 3.59. The molecule has 1 heterocycles. The molecule has 152 valence electrons. The molecule has 2 aromatic carbocycles. The van der Waals surface area contributed by atoms with E-state index in [-0.39, 0.29) is 11.3 Å². The van der Waals surface area contributed by atoms with Gasteiger partial charge in [-0.2, -0.15) is 0 Å². The van der Waals surface area contributed by atoms with Gasteiger partial charge < -0.3 is 19.5 Å². The number of carbonyl (C=O) groups excluding carboxylic acids is 2. The number of rotatable bonds is 7. The van der Waals surface area contributed by atoms with Crippen molar-refractivity contribution in [3.05, 3.63) is 70.3 Å². The van der Waals surface area contributed by atoms with E-state index in [9.17, 15) is 14.7 Å². The van der Waals surface area contributed by atoms with E-state index in [1.54, 1.807) is 55.6 Å². The summed E-state index contributed by atoms with van der Waals surface area (Å²) in [5.41, 5.74) is 1.06. The number of Topliss-reactive ketones (excluding diaryl/α,β-unsaturated/α-hetero) is 1. The molecule has 1 aliphatic heterocycles. The quantitative estimate of drug-likeness (QED) is 0.322. The molecule has 0 spiro atoms. The van der Waals surface area contributed by atoms with Crippen LogP contribution in [0.25, 0.3) is 5.76 Å². The number of ether oxygens (including phenoxy) is 2. The lowest BCUT2D eigenvalue weighted by atomic mass is 9.95. The number of nitrogens with zero attached hydrogens (tertiary/aromatic N) is 1. The topological polar surface area (TPSA) is 76.1 Å². The van der Waals surface area contributed by atoms with Crippen LogP contribution in [0.4, 0.5) is 0 Å². The minimum atomic E-state index is -0.731. The summed E-state index contributed by atoms with van der Waals surface area (Å²) < 4.78 is 10.4. The molecule has 0 aliphatic carbocycles. The Morgan fingerprint density at radius 2 is 1.79 bits per heavy atom. The second-order valence-corrected chi connectivity index (χ2v) is 7.03. The Morgan fingerprint density at radius 3 is 2.45 bits per heavy atom. The van der Waals surface area contributed by atoms with Gasteiger partial charge >= 0.3 is 0 Å². The molecule has 1 N–H and O–H groups in total. The van der Waals surface area contributed by atoms with Crippen molar-refractivity contribution in [1.29, 1.82) is 0 Å². The van der Waals surface area contributed by atoms with Gasteiger partial charge in [-0.1, -0.05) is 35.9 Å². The predicted molar refractivity (Wildman–Crippen MR) is 110 cm³/mol. The third-order valence-corrected chi connectivity index (χ3v) is 5.09. The second kappa shape index (κ2) is 9.11. The second-order valence-electron chi connectivity index (χ2n) is 6.59. The molecule has 1 unspecified atom stereocenters. The van der Waals surface area contributed by atoms with Crippen LogP contribution in [-0.2, 0) is 14.3 Å². The minimum Gasteiger partial charge on any atom is -0.507 e. The fourth-order valence-electron chi connectivity index (χ4n) is 3.47. The lowest BCUT2D eigenvalue weighted by Crippen LogP contribution is -2.31. The number of carbonyl (C=O) groups is 2. The zero-order valence-corrected chi connectivity index (χ0v) is 17.0. The third-order valence-electron chi connectivity index (χ3n) is 4.84. The van der Waals surface area contributed by atoms with Crippen LogP contribution < -0.4 is 4.74 Å². The summed E-state index contributed by atoms with van der Waals surface area (Å²) in [5, 5.41) is 11.6. The molecule has 0 saturated carbocycles. The zero-order valence-electron chi connectivity index (χ0n) is 16.2. The van der Waals surface area contributed by atoms with Crippen LogP contribution in [0.1, 0.15) is 23.6 Å². The van der Waals surface area contributed by atoms with Crippen LogP contribution >= 0.6 is 11.6 Å². The maximum absolute atomic E-state index is 12.9. The molecule has 3 rings (SSSR count). The Labute approximate surface area is 174 Å². The average molecular weight is 416 g/mol. The number of para-hydroxylation sites is 1. The first-order valence-corrected chi connectivity index (χ1v) is 9.53. The molecule has 1 saturated heterocycles. The average Bonchev–Trinajstić information content (AvgIpc) is 2.99. The highest BCUT2D eigenvalue weighted by Gasteiger charge is 2.46. The number of hydrogen-bond donors (Lipinski definition) is 1. The fraction of sp³-hybridized carbons (Fsp3) is 0.273. The van der Waals surface area contributed by atoms with Crippen LogP contribution in [0, 0.1) is 0 Å². The Kier molecular flexibility index (Phi) is 6.56. The van der Waals surface area contributed by atoms with E-state index in [0.29, 0.717) is 41.5 Å². The number of hydrogen-bond acceptors (Lipinski definition) is 5. The predicted octanol–water partition coefficient (Wildman–Crippen LogP) is 3.81. The minimum absolute atomic E-state index is 0.0271. The summed E-state index contributed by atoms with van der Waals surface area (Å²) in [7, 11) is 3.05. The number of amides is 1. The molecular weight excluding hydrogens is 394 g/mol. The molecule has 1 aliphatic rings. The smallest absolute Gasteiger partial charge is 0.295 e.